The number of nitrogens with one attached hydrogen (secondary N) is 1. The summed E-state index contributed by atoms with van der Waals surface area (Å²) in [4.78, 5) is 6.97. The molecule has 0 amide bonds. The monoisotopic (exact) mass is 368 g/mol. The summed E-state index contributed by atoms with van der Waals surface area (Å²) >= 11 is 5.71. The Labute approximate surface area is 161 Å². The number of rotatable bonds is 5. The summed E-state index contributed by atoms with van der Waals surface area (Å²) in [6.45, 7) is 5.45. The van der Waals surface area contributed by atoms with Crippen molar-refractivity contribution in [2.24, 2.45) is 5.92 Å². The molecule has 2 fully saturated rings. The lowest BCUT2D eigenvalue weighted by Gasteiger charge is -2.28. The summed E-state index contributed by atoms with van der Waals surface area (Å²) in [5, 5.41) is 4.38. The Hall–Kier alpha value is -1.88. The van der Waals surface area contributed by atoms with Gasteiger partial charge >= 0.3 is 0 Å². The molecule has 0 aromatic carbocycles. The SMILES string of the molecule is CC(C)CN1C(=S)N[C@@H](c2ccccn2)[C@H]1c1ccn(C2CCCC2)c1. The summed E-state index contributed by atoms with van der Waals surface area (Å²) in [7, 11) is 0. The first kappa shape index (κ1) is 17.5. The molecule has 5 heteroatoms. The second kappa shape index (κ2) is 7.39. The fourth-order valence-electron chi connectivity index (χ4n) is 4.39. The molecule has 2 aromatic heterocycles. The standard InChI is InChI=1S/C21H28N4S/c1-15(2)13-25-20(16-10-12-24(14-16)17-7-3-4-8-17)19(23-21(25)26)18-9-5-6-11-22-18/h5-6,9-12,14-15,17,19-20H,3-4,7-8,13H2,1-2H3,(H,23,26)/t19-,20+/m0/s1. The molecular formula is C21H28N4S. The fraction of sp³-hybridized carbons (Fsp3) is 0.524. The van der Waals surface area contributed by atoms with Crippen molar-refractivity contribution in [1.29, 1.82) is 0 Å². The highest BCUT2D eigenvalue weighted by Gasteiger charge is 2.40. The molecule has 0 unspecified atom stereocenters. The summed E-state index contributed by atoms with van der Waals surface area (Å²) in [5.41, 5.74) is 2.39. The highest BCUT2D eigenvalue weighted by atomic mass is 32.1. The first-order valence-electron chi connectivity index (χ1n) is 9.79. The van der Waals surface area contributed by atoms with Crippen LogP contribution in [0.1, 0.15) is 68.9 Å². The summed E-state index contributed by atoms with van der Waals surface area (Å²) in [5.74, 6) is 0.552. The fourth-order valence-corrected chi connectivity index (χ4v) is 4.71. The second-order valence-electron chi connectivity index (χ2n) is 8.00. The summed E-state index contributed by atoms with van der Waals surface area (Å²) in [6, 6.07) is 9.36. The van der Waals surface area contributed by atoms with Gasteiger partial charge in [-0.3, -0.25) is 4.98 Å². The molecule has 26 heavy (non-hydrogen) atoms. The van der Waals surface area contributed by atoms with E-state index in [1.165, 1.54) is 31.2 Å². The number of hydrogen-bond donors (Lipinski definition) is 1. The minimum atomic E-state index is 0.0990. The molecule has 4 nitrogen and oxygen atoms in total. The summed E-state index contributed by atoms with van der Waals surface area (Å²) in [6.07, 6.45) is 11.8. The van der Waals surface area contributed by atoms with Crippen molar-refractivity contribution < 1.29 is 0 Å². The maximum Gasteiger partial charge on any atom is 0.170 e. The molecule has 4 rings (SSSR count). The Bertz CT molecular complexity index is 748. The molecule has 2 atom stereocenters. The first-order chi connectivity index (χ1) is 12.6. The first-order valence-corrected chi connectivity index (χ1v) is 10.2. The Balaban J connectivity index is 1.68. The van der Waals surface area contributed by atoms with Gasteiger partial charge in [0.2, 0.25) is 0 Å². The average molecular weight is 369 g/mol. The molecule has 0 bridgehead atoms. The van der Waals surface area contributed by atoms with Gasteiger partial charge in [0.1, 0.15) is 0 Å². The number of aromatic nitrogens is 2. The van der Waals surface area contributed by atoms with Crippen LogP contribution in [0.5, 0.6) is 0 Å². The molecule has 138 valence electrons. The van der Waals surface area contributed by atoms with Crippen LogP contribution in [0.3, 0.4) is 0 Å². The van der Waals surface area contributed by atoms with Crippen LogP contribution in [0.15, 0.2) is 42.9 Å². The molecule has 2 aromatic rings. The van der Waals surface area contributed by atoms with Crippen molar-refractivity contribution in [3.8, 4) is 0 Å². The van der Waals surface area contributed by atoms with Gasteiger partial charge in [-0.15, -0.1) is 0 Å². The van der Waals surface area contributed by atoms with E-state index < -0.39 is 0 Å². The number of hydrogen-bond acceptors (Lipinski definition) is 2. The zero-order valence-corrected chi connectivity index (χ0v) is 16.5. The largest absolute Gasteiger partial charge is 0.352 e. The van der Waals surface area contributed by atoms with E-state index in [9.17, 15) is 0 Å². The van der Waals surface area contributed by atoms with Crippen molar-refractivity contribution in [3.63, 3.8) is 0 Å². The van der Waals surface area contributed by atoms with Gasteiger partial charge in [0.15, 0.2) is 5.11 Å². The smallest absolute Gasteiger partial charge is 0.170 e. The molecule has 3 heterocycles. The van der Waals surface area contributed by atoms with E-state index in [1.807, 2.05) is 12.3 Å². The number of nitrogens with zero attached hydrogens (tertiary/aromatic N) is 3. The van der Waals surface area contributed by atoms with Crippen LogP contribution in [0.25, 0.3) is 0 Å². The maximum absolute atomic E-state index is 5.71. The van der Waals surface area contributed by atoms with E-state index in [0.717, 1.165) is 17.4 Å². The Morgan fingerprint density at radius 1 is 1.23 bits per heavy atom. The maximum atomic E-state index is 5.71. The summed E-state index contributed by atoms with van der Waals surface area (Å²) < 4.78 is 2.42. The average Bonchev–Trinajstić information content (AvgIpc) is 3.36. The molecule has 1 aliphatic heterocycles. The van der Waals surface area contributed by atoms with Crippen molar-refractivity contribution >= 4 is 17.3 Å². The van der Waals surface area contributed by atoms with Crippen LogP contribution >= 0.6 is 12.2 Å². The van der Waals surface area contributed by atoms with Gasteiger partial charge in [0, 0.05) is 31.2 Å². The number of pyridine rings is 1. The minimum Gasteiger partial charge on any atom is -0.352 e. The van der Waals surface area contributed by atoms with Gasteiger partial charge in [0.25, 0.3) is 0 Å². The van der Waals surface area contributed by atoms with Gasteiger partial charge in [-0.1, -0.05) is 32.8 Å². The quantitative estimate of drug-likeness (QED) is 0.780. The lowest BCUT2D eigenvalue weighted by atomic mass is 9.98. The predicted molar refractivity (Wildman–Crippen MR) is 109 cm³/mol. The molecule has 2 aliphatic rings. The predicted octanol–water partition coefficient (Wildman–Crippen LogP) is 4.63. The highest BCUT2D eigenvalue weighted by Crippen LogP contribution is 2.40. The van der Waals surface area contributed by atoms with Crippen LogP contribution in [-0.2, 0) is 0 Å². The van der Waals surface area contributed by atoms with Crippen LogP contribution in [0.2, 0.25) is 0 Å². The number of thiocarbonyl (C=S) groups is 1. The van der Waals surface area contributed by atoms with Crippen LogP contribution in [0.4, 0.5) is 0 Å². The van der Waals surface area contributed by atoms with Crippen molar-refractivity contribution in [3.05, 3.63) is 54.1 Å². The van der Waals surface area contributed by atoms with E-state index >= 15 is 0 Å². The van der Waals surface area contributed by atoms with E-state index in [4.69, 9.17) is 12.2 Å². The van der Waals surface area contributed by atoms with Crippen molar-refractivity contribution in [2.45, 2.75) is 57.7 Å². The van der Waals surface area contributed by atoms with Gasteiger partial charge in [-0.2, -0.15) is 0 Å². The van der Waals surface area contributed by atoms with E-state index in [-0.39, 0.29) is 12.1 Å². The minimum absolute atomic E-state index is 0.0990. The third kappa shape index (κ3) is 3.37. The second-order valence-corrected chi connectivity index (χ2v) is 8.39. The molecular weight excluding hydrogens is 340 g/mol. The lowest BCUT2D eigenvalue weighted by molar-refractivity contribution is 0.287. The molecule has 1 saturated heterocycles. The third-order valence-electron chi connectivity index (χ3n) is 5.58. The molecule has 0 spiro atoms. The molecule has 1 aliphatic carbocycles. The normalized spacial score (nSPS) is 23.8. The molecule has 1 N–H and O–H groups in total. The van der Waals surface area contributed by atoms with Crippen LogP contribution < -0.4 is 5.32 Å². The van der Waals surface area contributed by atoms with Crippen LogP contribution in [0, 0.1) is 5.92 Å². The van der Waals surface area contributed by atoms with E-state index in [0.29, 0.717) is 12.0 Å². The van der Waals surface area contributed by atoms with Crippen LogP contribution in [-0.4, -0.2) is 26.1 Å². The molecule has 1 saturated carbocycles. The topological polar surface area (TPSA) is 33.1 Å². The Morgan fingerprint density at radius 3 is 2.73 bits per heavy atom. The van der Waals surface area contributed by atoms with Gasteiger partial charge in [0.05, 0.1) is 17.8 Å². The third-order valence-corrected chi connectivity index (χ3v) is 5.94. The van der Waals surface area contributed by atoms with Crippen molar-refractivity contribution in [2.75, 3.05) is 6.54 Å². The zero-order valence-electron chi connectivity index (χ0n) is 15.6. The highest BCUT2D eigenvalue weighted by molar-refractivity contribution is 7.80. The van der Waals surface area contributed by atoms with E-state index in [1.54, 1.807) is 0 Å². The van der Waals surface area contributed by atoms with Gasteiger partial charge < -0.3 is 14.8 Å². The lowest BCUT2D eigenvalue weighted by Crippen LogP contribution is -2.32. The zero-order chi connectivity index (χ0) is 18.1. The van der Waals surface area contributed by atoms with E-state index in [2.05, 4.69) is 64.2 Å². The Kier molecular flexibility index (Phi) is 4.98. The van der Waals surface area contributed by atoms with Crippen molar-refractivity contribution in [1.82, 2.24) is 19.8 Å². The molecule has 0 radical (unpaired) electrons. The van der Waals surface area contributed by atoms with Gasteiger partial charge in [-0.05, 0) is 54.7 Å². The van der Waals surface area contributed by atoms with Gasteiger partial charge in [-0.25, -0.2) is 0 Å². The Morgan fingerprint density at radius 2 is 2.04 bits per heavy atom.